The van der Waals surface area contributed by atoms with Crippen LogP contribution in [0.1, 0.15) is 21.5 Å². The van der Waals surface area contributed by atoms with Crippen LogP contribution >= 0.6 is 22.9 Å². The molecule has 3 nitrogen and oxygen atoms in total. The smallest absolute Gasteiger partial charge is 0.336 e. The standard InChI is InChI=1S/C16H12ClNO2S/c1-8-3-9(2)15-11(4-8)12(16(19)20)6-13(18-15)10-5-14(17)21-7-10/h3-7H,1-2H3,(H,19,20). The van der Waals surface area contributed by atoms with Crippen molar-refractivity contribution in [3.8, 4) is 11.3 Å². The quantitative estimate of drug-likeness (QED) is 0.729. The van der Waals surface area contributed by atoms with Gasteiger partial charge in [-0.05, 0) is 37.6 Å². The Kier molecular flexibility index (Phi) is 3.43. The summed E-state index contributed by atoms with van der Waals surface area (Å²) in [5, 5.41) is 12.0. The summed E-state index contributed by atoms with van der Waals surface area (Å²) < 4.78 is 0.657. The Morgan fingerprint density at radius 1 is 1.24 bits per heavy atom. The van der Waals surface area contributed by atoms with Gasteiger partial charge in [-0.1, -0.05) is 23.2 Å². The van der Waals surface area contributed by atoms with Gasteiger partial charge in [0.05, 0.1) is 21.1 Å². The number of thiophene rings is 1. The molecular weight excluding hydrogens is 306 g/mol. The zero-order chi connectivity index (χ0) is 15.1. The lowest BCUT2D eigenvalue weighted by molar-refractivity contribution is 0.0699. The monoisotopic (exact) mass is 317 g/mol. The molecule has 0 fully saturated rings. The maximum Gasteiger partial charge on any atom is 0.336 e. The lowest BCUT2D eigenvalue weighted by Crippen LogP contribution is -2.01. The van der Waals surface area contributed by atoms with E-state index in [-0.39, 0.29) is 5.56 Å². The highest BCUT2D eigenvalue weighted by Gasteiger charge is 2.15. The fourth-order valence-corrected chi connectivity index (χ4v) is 3.32. The van der Waals surface area contributed by atoms with Crippen LogP contribution in [-0.2, 0) is 0 Å². The second-order valence-electron chi connectivity index (χ2n) is 4.98. The van der Waals surface area contributed by atoms with Crippen LogP contribution in [0.5, 0.6) is 0 Å². The first kappa shape index (κ1) is 14.0. The van der Waals surface area contributed by atoms with Crippen molar-refractivity contribution in [3.05, 3.63) is 50.7 Å². The van der Waals surface area contributed by atoms with E-state index in [0.717, 1.165) is 22.2 Å². The fourth-order valence-electron chi connectivity index (χ4n) is 2.45. The number of carbonyl (C=O) groups is 1. The SMILES string of the molecule is Cc1cc(C)c2nc(-c3csc(Cl)c3)cc(C(=O)O)c2c1. The van der Waals surface area contributed by atoms with E-state index in [2.05, 4.69) is 4.98 Å². The number of benzene rings is 1. The Morgan fingerprint density at radius 3 is 2.62 bits per heavy atom. The molecule has 5 heteroatoms. The molecule has 0 radical (unpaired) electrons. The van der Waals surface area contributed by atoms with E-state index in [4.69, 9.17) is 11.6 Å². The zero-order valence-electron chi connectivity index (χ0n) is 11.5. The fraction of sp³-hybridized carbons (Fsp3) is 0.125. The van der Waals surface area contributed by atoms with Crippen molar-refractivity contribution in [2.24, 2.45) is 0 Å². The lowest BCUT2D eigenvalue weighted by atomic mass is 10.0. The Hall–Kier alpha value is -1.91. The molecule has 0 atom stereocenters. The van der Waals surface area contributed by atoms with Gasteiger partial charge in [-0.15, -0.1) is 11.3 Å². The highest BCUT2D eigenvalue weighted by atomic mass is 35.5. The Balaban J connectivity index is 2.37. The molecule has 106 valence electrons. The van der Waals surface area contributed by atoms with Gasteiger partial charge in [-0.3, -0.25) is 0 Å². The van der Waals surface area contributed by atoms with E-state index in [1.165, 1.54) is 11.3 Å². The number of rotatable bonds is 2. The molecular formula is C16H12ClNO2S. The molecule has 0 saturated heterocycles. The van der Waals surface area contributed by atoms with Crippen molar-refractivity contribution < 1.29 is 9.90 Å². The number of carboxylic acid groups (broad SMARTS) is 1. The summed E-state index contributed by atoms with van der Waals surface area (Å²) in [5.74, 6) is -0.949. The first-order valence-electron chi connectivity index (χ1n) is 6.35. The number of pyridine rings is 1. The van der Waals surface area contributed by atoms with Crippen LogP contribution in [0.3, 0.4) is 0 Å². The largest absolute Gasteiger partial charge is 0.478 e. The number of aryl methyl sites for hydroxylation is 2. The predicted molar refractivity (Wildman–Crippen MR) is 86.5 cm³/mol. The second-order valence-corrected chi connectivity index (χ2v) is 6.52. The number of hydrogen-bond donors (Lipinski definition) is 1. The molecule has 0 aliphatic carbocycles. The summed E-state index contributed by atoms with van der Waals surface area (Å²) in [6.07, 6.45) is 0. The molecule has 1 aromatic carbocycles. The Labute approximate surface area is 130 Å². The normalized spacial score (nSPS) is 11.0. The summed E-state index contributed by atoms with van der Waals surface area (Å²) in [6, 6.07) is 7.28. The summed E-state index contributed by atoms with van der Waals surface area (Å²) in [7, 11) is 0. The number of carboxylic acids is 1. The van der Waals surface area contributed by atoms with Crippen LogP contribution in [0.15, 0.2) is 29.6 Å². The Bertz CT molecular complexity index is 870. The first-order valence-corrected chi connectivity index (χ1v) is 7.61. The van der Waals surface area contributed by atoms with Crippen molar-refractivity contribution in [1.29, 1.82) is 0 Å². The molecule has 0 aliphatic rings. The van der Waals surface area contributed by atoms with Gasteiger partial charge in [-0.25, -0.2) is 9.78 Å². The van der Waals surface area contributed by atoms with Crippen LogP contribution in [0.4, 0.5) is 0 Å². The van der Waals surface area contributed by atoms with Crippen LogP contribution in [0.2, 0.25) is 4.34 Å². The average Bonchev–Trinajstić information content (AvgIpc) is 2.84. The van der Waals surface area contributed by atoms with E-state index in [1.807, 2.05) is 31.4 Å². The van der Waals surface area contributed by atoms with Gasteiger partial charge in [0.15, 0.2) is 0 Å². The van der Waals surface area contributed by atoms with Crippen LogP contribution < -0.4 is 0 Å². The van der Waals surface area contributed by atoms with Gasteiger partial charge < -0.3 is 5.11 Å². The predicted octanol–water partition coefficient (Wildman–Crippen LogP) is 4.93. The van der Waals surface area contributed by atoms with Crippen LogP contribution in [0.25, 0.3) is 22.2 Å². The number of hydrogen-bond acceptors (Lipinski definition) is 3. The van der Waals surface area contributed by atoms with Crippen LogP contribution in [0, 0.1) is 13.8 Å². The van der Waals surface area contributed by atoms with E-state index < -0.39 is 5.97 Å². The van der Waals surface area contributed by atoms with Crippen molar-refractivity contribution in [2.45, 2.75) is 13.8 Å². The van der Waals surface area contributed by atoms with E-state index in [1.54, 1.807) is 12.1 Å². The highest BCUT2D eigenvalue weighted by Crippen LogP contribution is 2.31. The number of nitrogens with zero attached hydrogens (tertiary/aromatic N) is 1. The molecule has 0 aliphatic heterocycles. The molecule has 21 heavy (non-hydrogen) atoms. The van der Waals surface area contributed by atoms with Crippen LogP contribution in [-0.4, -0.2) is 16.1 Å². The molecule has 2 heterocycles. The van der Waals surface area contributed by atoms with Crippen molar-refractivity contribution in [3.63, 3.8) is 0 Å². The third-order valence-corrected chi connectivity index (χ3v) is 4.43. The van der Waals surface area contributed by atoms with Gasteiger partial charge in [0.2, 0.25) is 0 Å². The summed E-state index contributed by atoms with van der Waals surface area (Å²) in [6.45, 7) is 3.89. The summed E-state index contributed by atoms with van der Waals surface area (Å²) in [5.41, 5.74) is 4.46. The van der Waals surface area contributed by atoms with E-state index in [9.17, 15) is 9.90 Å². The molecule has 2 aromatic heterocycles. The maximum atomic E-state index is 11.6. The number of halogens is 1. The third-order valence-electron chi connectivity index (χ3n) is 3.34. The second kappa shape index (κ2) is 5.13. The van der Waals surface area contributed by atoms with Gasteiger partial charge in [0.25, 0.3) is 0 Å². The minimum absolute atomic E-state index is 0.268. The first-order chi connectivity index (χ1) is 9.95. The summed E-state index contributed by atoms with van der Waals surface area (Å²) >= 11 is 7.36. The van der Waals surface area contributed by atoms with Gasteiger partial charge in [-0.2, -0.15) is 0 Å². The molecule has 0 spiro atoms. The number of fused-ring (bicyclic) bond motifs is 1. The zero-order valence-corrected chi connectivity index (χ0v) is 13.0. The summed E-state index contributed by atoms with van der Waals surface area (Å²) in [4.78, 5) is 16.2. The lowest BCUT2D eigenvalue weighted by Gasteiger charge is -2.09. The molecule has 3 aromatic rings. The van der Waals surface area contributed by atoms with Crippen molar-refractivity contribution in [1.82, 2.24) is 4.98 Å². The van der Waals surface area contributed by atoms with Gasteiger partial charge in [0, 0.05) is 16.3 Å². The topological polar surface area (TPSA) is 50.2 Å². The Morgan fingerprint density at radius 2 is 2.00 bits per heavy atom. The van der Waals surface area contributed by atoms with Gasteiger partial charge in [0.1, 0.15) is 0 Å². The minimum atomic E-state index is -0.949. The number of aromatic nitrogens is 1. The molecule has 0 amide bonds. The van der Waals surface area contributed by atoms with Crippen molar-refractivity contribution in [2.75, 3.05) is 0 Å². The molecule has 0 saturated carbocycles. The average molecular weight is 318 g/mol. The molecule has 3 rings (SSSR count). The van der Waals surface area contributed by atoms with Crippen molar-refractivity contribution >= 4 is 39.8 Å². The maximum absolute atomic E-state index is 11.6. The highest BCUT2D eigenvalue weighted by molar-refractivity contribution is 7.14. The van der Waals surface area contributed by atoms with E-state index >= 15 is 0 Å². The third kappa shape index (κ3) is 2.52. The van der Waals surface area contributed by atoms with E-state index in [0.29, 0.717) is 15.4 Å². The minimum Gasteiger partial charge on any atom is -0.478 e. The van der Waals surface area contributed by atoms with Gasteiger partial charge >= 0.3 is 5.97 Å². The molecule has 1 N–H and O–H groups in total. The number of aromatic carboxylic acids is 1. The molecule has 0 unspecified atom stereocenters. The molecule has 0 bridgehead atoms.